The highest BCUT2D eigenvalue weighted by Crippen LogP contribution is 2.28. The molecular weight excluding hydrogens is 334 g/mol. The Labute approximate surface area is 153 Å². The van der Waals surface area contributed by atoms with Crippen LogP contribution in [0.4, 0.5) is 0 Å². The second-order valence-corrected chi connectivity index (χ2v) is 6.84. The fraction of sp³-hybridized carbons (Fsp3) is 0.350. The van der Waals surface area contributed by atoms with Crippen LogP contribution in [0.3, 0.4) is 0 Å². The number of hydrogen-bond acceptors (Lipinski definition) is 3. The van der Waals surface area contributed by atoms with Crippen molar-refractivity contribution >= 4 is 22.6 Å². The van der Waals surface area contributed by atoms with Gasteiger partial charge in [-0.2, -0.15) is 0 Å². The van der Waals surface area contributed by atoms with Crippen LogP contribution in [-0.2, 0) is 7.05 Å². The molecule has 2 aromatic carbocycles. The number of aryl methyl sites for hydroxylation is 1. The second-order valence-electron chi connectivity index (χ2n) is 6.40. The molecule has 1 aliphatic rings. The van der Waals surface area contributed by atoms with Crippen LogP contribution in [0, 0.1) is 5.92 Å². The Balaban J connectivity index is 0.000000219. The number of halogens is 1. The van der Waals surface area contributed by atoms with Gasteiger partial charge >= 0.3 is 0 Å². The quantitative estimate of drug-likeness (QED) is 0.727. The smallest absolute Gasteiger partial charge is 0.129 e. The minimum absolute atomic E-state index is 0.0667. The number of hydrogen-bond donors (Lipinski definition) is 2. The van der Waals surface area contributed by atoms with E-state index in [4.69, 9.17) is 11.6 Å². The number of imidazole rings is 1. The van der Waals surface area contributed by atoms with Gasteiger partial charge in [0.1, 0.15) is 5.82 Å². The van der Waals surface area contributed by atoms with E-state index in [1.165, 1.54) is 12.8 Å². The first kappa shape index (κ1) is 17.9. The summed E-state index contributed by atoms with van der Waals surface area (Å²) >= 11 is 5.54. The summed E-state index contributed by atoms with van der Waals surface area (Å²) in [7, 11) is 2.01. The van der Waals surface area contributed by atoms with Crippen molar-refractivity contribution in [1.29, 1.82) is 0 Å². The lowest BCUT2D eigenvalue weighted by Crippen LogP contribution is -2.28. The van der Waals surface area contributed by atoms with Crippen LogP contribution in [0.5, 0.6) is 0 Å². The van der Waals surface area contributed by atoms with Crippen molar-refractivity contribution in [3.05, 3.63) is 65.4 Å². The Bertz CT molecular complexity index is 799. The highest BCUT2D eigenvalue weighted by Gasteiger charge is 2.24. The van der Waals surface area contributed by atoms with E-state index in [-0.39, 0.29) is 12.6 Å². The van der Waals surface area contributed by atoms with E-state index in [2.05, 4.69) is 20.9 Å². The average molecular weight is 358 g/mol. The molecule has 0 saturated heterocycles. The summed E-state index contributed by atoms with van der Waals surface area (Å²) < 4.78 is 2.07. The number of para-hydroxylation sites is 2. The summed E-state index contributed by atoms with van der Waals surface area (Å²) in [5, 5.41) is 13.8. The number of nitrogens with zero attached hydrogens (tertiary/aromatic N) is 2. The first-order valence-corrected chi connectivity index (χ1v) is 9.03. The molecule has 0 radical (unpaired) electrons. The highest BCUT2D eigenvalue weighted by molar-refractivity contribution is 6.30. The molecule has 1 unspecified atom stereocenters. The van der Waals surface area contributed by atoms with Gasteiger partial charge in [-0.25, -0.2) is 4.98 Å². The van der Waals surface area contributed by atoms with E-state index < -0.39 is 0 Å². The number of aliphatic hydroxyl groups excluding tert-OH is 1. The van der Waals surface area contributed by atoms with Crippen LogP contribution in [0.25, 0.3) is 11.0 Å². The van der Waals surface area contributed by atoms with Crippen molar-refractivity contribution in [2.75, 3.05) is 13.2 Å². The summed E-state index contributed by atoms with van der Waals surface area (Å²) in [5.41, 5.74) is 2.10. The Morgan fingerprint density at radius 2 is 1.84 bits per heavy atom. The molecule has 4 nitrogen and oxygen atoms in total. The lowest BCUT2D eigenvalue weighted by atomic mass is 10.2. The third kappa shape index (κ3) is 4.82. The van der Waals surface area contributed by atoms with Crippen molar-refractivity contribution in [3.8, 4) is 0 Å². The molecule has 5 heteroatoms. The van der Waals surface area contributed by atoms with Crippen LogP contribution in [0.2, 0.25) is 5.02 Å². The molecule has 1 heterocycles. The molecule has 25 heavy (non-hydrogen) atoms. The maximum atomic E-state index is 9.55. The SMILES string of the molecule is Clc1ccccc1.Cn1c(C(CO)NCC2CC2)nc2ccccc21. The topological polar surface area (TPSA) is 50.1 Å². The summed E-state index contributed by atoms with van der Waals surface area (Å²) in [6.07, 6.45) is 2.63. The van der Waals surface area contributed by atoms with E-state index in [0.29, 0.717) is 0 Å². The second kappa shape index (κ2) is 8.48. The Morgan fingerprint density at radius 1 is 1.16 bits per heavy atom. The first-order chi connectivity index (χ1) is 12.2. The molecule has 4 rings (SSSR count). The highest BCUT2D eigenvalue weighted by atomic mass is 35.5. The third-order valence-corrected chi connectivity index (χ3v) is 4.65. The van der Waals surface area contributed by atoms with Gasteiger partial charge < -0.3 is 15.0 Å². The fourth-order valence-corrected chi connectivity index (χ4v) is 2.90. The summed E-state index contributed by atoms with van der Waals surface area (Å²) in [5.74, 6) is 1.72. The minimum atomic E-state index is -0.0667. The molecule has 1 saturated carbocycles. The molecule has 1 aliphatic carbocycles. The molecule has 1 fully saturated rings. The van der Waals surface area contributed by atoms with Crippen LogP contribution in [-0.4, -0.2) is 27.8 Å². The van der Waals surface area contributed by atoms with Gasteiger partial charge in [-0.3, -0.25) is 0 Å². The van der Waals surface area contributed by atoms with E-state index >= 15 is 0 Å². The molecular formula is C20H24ClN3O. The Morgan fingerprint density at radius 3 is 2.40 bits per heavy atom. The molecule has 0 bridgehead atoms. The van der Waals surface area contributed by atoms with Crippen molar-refractivity contribution in [1.82, 2.24) is 14.9 Å². The molecule has 1 atom stereocenters. The van der Waals surface area contributed by atoms with Gasteiger partial charge in [0.15, 0.2) is 0 Å². The van der Waals surface area contributed by atoms with Crippen LogP contribution in [0.1, 0.15) is 24.7 Å². The van der Waals surface area contributed by atoms with Crippen molar-refractivity contribution in [2.24, 2.45) is 13.0 Å². The van der Waals surface area contributed by atoms with Crippen molar-refractivity contribution < 1.29 is 5.11 Å². The van der Waals surface area contributed by atoms with Gasteiger partial charge in [0.2, 0.25) is 0 Å². The largest absolute Gasteiger partial charge is 0.394 e. The zero-order valence-corrected chi connectivity index (χ0v) is 15.2. The Hall–Kier alpha value is -1.88. The number of nitrogens with one attached hydrogen (secondary N) is 1. The molecule has 0 aliphatic heterocycles. The molecule has 132 valence electrons. The van der Waals surface area contributed by atoms with Gasteiger partial charge in [-0.15, -0.1) is 0 Å². The van der Waals surface area contributed by atoms with Crippen molar-refractivity contribution in [2.45, 2.75) is 18.9 Å². The molecule has 3 aromatic rings. The number of rotatable bonds is 5. The predicted octanol–water partition coefficient (Wildman–Crippen LogP) is 3.95. The standard InChI is InChI=1S/C14H19N3O.C6H5Cl/c1-17-13-5-3-2-4-11(13)16-14(17)12(9-18)15-8-10-6-7-10;7-6-4-2-1-3-5-6/h2-5,10,12,15,18H,6-9H2,1H3;1-5H. The summed E-state index contributed by atoms with van der Waals surface area (Å²) in [6, 6.07) is 17.4. The first-order valence-electron chi connectivity index (χ1n) is 8.65. The lowest BCUT2D eigenvalue weighted by molar-refractivity contribution is 0.236. The molecule has 2 N–H and O–H groups in total. The average Bonchev–Trinajstić information content (AvgIpc) is 3.41. The summed E-state index contributed by atoms with van der Waals surface area (Å²) in [6.45, 7) is 1.07. The van der Waals surface area contributed by atoms with E-state index in [0.717, 1.165) is 34.3 Å². The maximum Gasteiger partial charge on any atom is 0.129 e. The van der Waals surface area contributed by atoms with Crippen LogP contribution < -0.4 is 5.32 Å². The van der Waals surface area contributed by atoms with Crippen molar-refractivity contribution in [3.63, 3.8) is 0 Å². The van der Waals surface area contributed by atoms with Crippen LogP contribution >= 0.6 is 11.6 Å². The zero-order chi connectivity index (χ0) is 17.6. The predicted molar refractivity (Wildman–Crippen MR) is 103 cm³/mol. The van der Waals surface area contributed by atoms with Gasteiger partial charge in [-0.1, -0.05) is 41.9 Å². The molecule has 0 spiro atoms. The maximum absolute atomic E-state index is 9.55. The Kier molecular flexibility index (Phi) is 6.08. The third-order valence-electron chi connectivity index (χ3n) is 4.40. The van der Waals surface area contributed by atoms with Gasteiger partial charge in [0, 0.05) is 12.1 Å². The van der Waals surface area contributed by atoms with Gasteiger partial charge in [-0.05, 0) is 49.6 Å². The number of fused-ring (bicyclic) bond motifs is 1. The molecule has 0 amide bonds. The fourth-order valence-electron chi connectivity index (χ4n) is 2.76. The molecule has 1 aromatic heterocycles. The number of aromatic nitrogens is 2. The van der Waals surface area contributed by atoms with Crippen LogP contribution in [0.15, 0.2) is 54.6 Å². The normalized spacial score (nSPS) is 14.8. The lowest BCUT2D eigenvalue weighted by Gasteiger charge is -2.15. The number of benzene rings is 2. The monoisotopic (exact) mass is 357 g/mol. The summed E-state index contributed by atoms with van der Waals surface area (Å²) in [4.78, 5) is 4.62. The van der Waals surface area contributed by atoms with E-state index in [9.17, 15) is 5.11 Å². The minimum Gasteiger partial charge on any atom is -0.394 e. The zero-order valence-electron chi connectivity index (χ0n) is 14.4. The van der Waals surface area contributed by atoms with Gasteiger partial charge in [0.05, 0.1) is 23.7 Å². The number of aliphatic hydroxyl groups is 1. The van der Waals surface area contributed by atoms with E-state index in [1.54, 1.807) is 0 Å². The van der Waals surface area contributed by atoms with Gasteiger partial charge in [0.25, 0.3) is 0 Å². The van der Waals surface area contributed by atoms with E-state index in [1.807, 2.05) is 55.6 Å².